The first-order valence-electron chi connectivity index (χ1n) is 15.2. The van der Waals surface area contributed by atoms with E-state index >= 15 is 0 Å². The van der Waals surface area contributed by atoms with Gasteiger partial charge in [-0.3, -0.25) is 14.4 Å². The normalized spacial score (nSPS) is 31.9. The monoisotopic (exact) mass is 555 g/mol. The molecule has 2 N–H and O–H groups in total. The number of carbonyl (C=O) groups is 3. The molecule has 216 valence electrons. The average Bonchev–Trinajstić information content (AvgIpc) is 3.61. The van der Waals surface area contributed by atoms with Gasteiger partial charge in [0.1, 0.15) is 11.6 Å². The highest BCUT2D eigenvalue weighted by molar-refractivity contribution is 6.02. The van der Waals surface area contributed by atoms with Crippen LogP contribution in [0.1, 0.15) is 63.5 Å². The third-order valence-electron chi connectivity index (χ3n) is 9.69. The van der Waals surface area contributed by atoms with Crippen LogP contribution in [0.5, 0.6) is 0 Å². The molecule has 3 aliphatic heterocycles. The zero-order valence-electron chi connectivity index (χ0n) is 24.2. The van der Waals surface area contributed by atoms with Gasteiger partial charge in [0.2, 0.25) is 17.7 Å². The number of nitrogens with one attached hydrogen (secondary N) is 2. The minimum atomic E-state index is -1.15. The smallest absolute Gasteiger partial charge is 0.246 e. The number of likely N-dealkylation sites (tertiary alicyclic amines) is 1. The second kappa shape index (κ2) is 11.1. The number of hydrogen-bond donors (Lipinski definition) is 2. The first-order valence-corrected chi connectivity index (χ1v) is 15.2. The van der Waals surface area contributed by atoms with Crippen molar-refractivity contribution in [1.29, 1.82) is 0 Å². The molecule has 7 nitrogen and oxygen atoms in total. The SMILES string of the molecule is CC(C)c1ccc(NC(=O)C2C3C=CC4(O3)C2C(=O)N(CCc2ccccc2)C4C(=O)NC2CCCCC2C)cc1. The van der Waals surface area contributed by atoms with Crippen LogP contribution in [0.15, 0.2) is 66.7 Å². The summed E-state index contributed by atoms with van der Waals surface area (Å²) in [5, 5.41) is 6.33. The Kier molecular flexibility index (Phi) is 7.49. The molecule has 2 bridgehead atoms. The van der Waals surface area contributed by atoms with Crippen molar-refractivity contribution in [3.05, 3.63) is 77.9 Å². The summed E-state index contributed by atoms with van der Waals surface area (Å²) in [6.07, 6.45) is 8.12. The second-order valence-electron chi connectivity index (χ2n) is 12.6. The lowest BCUT2D eigenvalue weighted by Gasteiger charge is -2.36. The van der Waals surface area contributed by atoms with Gasteiger partial charge < -0.3 is 20.3 Å². The molecule has 41 heavy (non-hydrogen) atoms. The van der Waals surface area contributed by atoms with Gasteiger partial charge in [-0.05, 0) is 54.4 Å². The predicted octanol–water partition coefficient (Wildman–Crippen LogP) is 4.84. The predicted molar refractivity (Wildman–Crippen MR) is 158 cm³/mol. The number of amides is 3. The minimum Gasteiger partial charge on any atom is -0.359 e. The molecule has 7 unspecified atom stereocenters. The van der Waals surface area contributed by atoms with E-state index in [9.17, 15) is 14.4 Å². The van der Waals surface area contributed by atoms with E-state index in [4.69, 9.17) is 4.74 Å². The number of carbonyl (C=O) groups excluding carboxylic acids is 3. The van der Waals surface area contributed by atoms with E-state index in [0.29, 0.717) is 30.5 Å². The van der Waals surface area contributed by atoms with Gasteiger partial charge in [0.15, 0.2) is 0 Å². The van der Waals surface area contributed by atoms with Crippen molar-refractivity contribution in [1.82, 2.24) is 10.2 Å². The molecule has 3 amide bonds. The lowest BCUT2D eigenvalue weighted by atomic mass is 9.74. The van der Waals surface area contributed by atoms with Crippen molar-refractivity contribution in [3.63, 3.8) is 0 Å². The van der Waals surface area contributed by atoms with Crippen LogP contribution in [-0.4, -0.2) is 53.0 Å². The fourth-order valence-corrected chi connectivity index (χ4v) is 7.37. The van der Waals surface area contributed by atoms with E-state index in [2.05, 4.69) is 31.4 Å². The Morgan fingerprint density at radius 1 is 1.02 bits per heavy atom. The van der Waals surface area contributed by atoms with Crippen molar-refractivity contribution in [2.75, 3.05) is 11.9 Å². The van der Waals surface area contributed by atoms with Crippen LogP contribution in [0.25, 0.3) is 0 Å². The van der Waals surface area contributed by atoms with Gasteiger partial charge in [0.25, 0.3) is 0 Å². The maximum atomic E-state index is 14.2. The van der Waals surface area contributed by atoms with Gasteiger partial charge >= 0.3 is 0 Å². The molecule has 1 spiro atoms. The summed E-state index contributed by atoms with van der Waals surface area (Å²) in [6.45, 7) is 6.82. The molecular formula is C34H41N3O4. The van der Waals surface area contributed by atoms with Crippen LogP contribution in [0.3, 0.4) is 0 Å². The van der Waals surface area contributed by atoms with Crippen LogP contribution in [0.2, 0.25) is 0 Å². The van der Waals surface area contributed by atoms with Crippen LogP contribution < -0.4 is 10.6 Å². The molecule has 2 saturated heterocycles. The highest BCUT2D eigenvalue weighted by Gasteiger charge is 2.72. The summed E-state index contributed by atoms with van der Waals surface area (Å²) >= 11 is 0. The zero-order chi connectivity index (χ0) is 28.7. The molecule has 1 saturated carbocycles. The Labute approximate surface area is 242 Å². The summed E-state index contributed by atoms with van der Waals surface area (Å²) in [5.41, 5.74) is 1.82. The summed E-state index contributed by atoms with van der Waals surface area (Å²) in [4.78, 5) is 43.7. The number of fused-ring (bicyclic) bond motifs is 1. The van der Waals surface area contributed by atoms with Crippen molar-refractivity contribution in [3.8, 4) is 0 Å². The number of anilines is 1. The lowest BCUT2D eigenvalue weighted by molar-refractivity contribution is -0.141. The largest absolute Gasteiger partial charge is 0.359 e. The fourth-order valence-electron chi connectivity index (χ4n) is 7.37. The summed E-state index contributed by atoms with van der Waals surface area (Å²) < 4.78 is 6.51. The molecule has 2 aromatic carbocycles. The fraction of sp³-hybridized carbons (Fsp3) is 0.500. The van der Waals surface area contributed by atoms with Gasteiger partial charge in [0.05, 0.1) is 17.9 Å². The van der Waals surface area contributed by atoms with E-state index in [1.807, 2.05) is 66.7 Å². The highest BCUT2D eigenvalue weighted by Crippen LogP contribution is 2.55. The van der Waals surface area contributed by atoms with Crippen LogP contribution in [0, 0.1) is 17.8 Å². The Hall–Kier alpha value is -3.45. The second-order valence-corrected chi connectivity index (χ2v) is 12.6. The topological polar surface area (TPSA) is 87.7 Å². The summed E-state index contributed by atoms with van der Waals surface area (Å²) in [5.74, 6) is -1.29. The molecule has 3 fully saturated rings. The zero-order valence-corrected chi connectivity index (χ0v) is 24.2. The number of rotatable bonds is 8. The van der Waals surface area contributed by atoms with Crippen molar-refractivity contribution < 1.29 is 19.1 Å². The van der Waals surface area contributed by atoms with Crippen molar-refractivity contribution in [2.45, 2.75) is 82.6 Å². The molecule has 2 aromatic rings. The molecule has 3 heterocycles. The molecule has 0 radical (unpaired) electrons. The molecular weight excluding hydrogens is 514 g/mol. The molecule has 7 atom stereocenters. The number of hydrogen-bond acceptors (Lipinski definition) is 4. The molecule has 6 rings (SSSR count). The maximum Gasteiger partial charge on any atom is 0.246 e. The van der Waals surface area contributed by atoms with Crippen molar-refractivity contribution >= 4 is 23.4 Å². The number of nitrogens with zero attached hydrogens (tertiary/aromatic N) is 1. The van der Waals surface area contributed by atoms with Crippen molar-refractivity contribution in [2.24, 2.45) is 17.8 Å². The molecule has 0 aromatic heterocycles. The van der Waals surface area contributed by atoms with Crippen LogP contribution in [0.4, 0.5) is 5.69 Å². The summed E-state index contributed by atoms with van der Waals surface area (Å²) in [6, 6.07) is 17.1. The molecule has 1 aliphatic carbocycles. The van der Waals surface area contributed by atoms with Gasteiger partial charge in [-0.15, -0.1) is 0 Å². The third-order valence-corrected chi connectivity index (χ3v) is 9.69. The van der Waals surface area contributed by atoms with E-state index in [-0.39, 0.29) is 23.8 Å². The Balaban J connectivity index is 1.28. The van der Waals surface area contributed by atoms with Gasteiger partial charge in [-0.1, -0.05) is 88.2 Å². The Morgan fingerprint density at radius 3 is 2.46 bits per heavy atom. The van der Waals surface area contributed by atoms with E-state index in [0.717, 1.165) is 24.8 Å². The minimum absolute atomic E-state index is 0.0771. The van der Waals surface area contributed by atoms with E-state index in [1.54, 1.807) is 4.90 Å². The van der Waals surface area contributed by atoms with E-state index in [1.165, 1.54) is 12.0 Å². The lowest BCUT2D eigenvalue weighted by Crippen LogP contribution is -2.57. The quantitative estimate of drug-likeness (QED) is 0.457. The van der Waals surface area contributed by atoms with E-state index < -0.39 is 29.6 Å². The molecule has 4 aliphatic rings. The van der Waals surface area contributed by atoms with Gasteiger partial charge in [-0.2, -0.15) is 0 Å². The first kappa shape index (κ1) is 27.7. The van der Waals surface area contributed by atoms with Crippen LogP contribution in [-0.2, 0) is 25.5 Å². The standard InChI is InChI=1S/C34H41N3O4/c1-21(2)24-13-15-25(16-14-24)35-31(38)28-27-17-19-34(41-27)29(28)33(40)37(20-18-23-10-5-4-6-11-23)30(34)32(39)36-26-12-8-7-9-22(26)3/h4-6,10-11,13-17,19,21-22,26-30H,7-9,12,18,20H2,1-3H3,(H,35,38)(H,36,39). The Morgan fingerprint density at radius 2 is 1.76 bits per heavy atom. The maximum absolute atomic E-state index is 14.2. The average molecular weight is 556 g/mol. The number of benzene rings is 2. The van der Waals surface area contributed by atoms with Gasteiger partial charge in [0, 0.05) is 18.3 Å². The van der Waals surface area contributed by atoms with Crippen LogP contribution >= 0.6 is 0 Å². The highest BCUT2D eigenvalue weighted by atomic mass is 16.5. The number of ether oxygens (including phenoxy) is 1. The molecule has 7 heteroatoms. The first-order chi connectivity index (χ1) is 19.8. The Bertz CT molecular complexity index is 1320. The summed E-state index contributed by atoms with van der Waals surface area (Å²) in [7, 11) is 0. The van der Waals surface area contributed by atoms with Gasteiger partial charge in [-0.25, -0.2) is 0 Å². The third kappa shape index (κ3) is 4.99.